The highest BCUT2D eigenvalue weighted by Gasteiger charge is 2.17. The maximum absolute atomic E-state index is 4.86. The van der Waals surface area contributed by atoms with Crippen LogP contribution in [0.2, 0.25) is 0 Å². The SMILES string of the molecule is CCC(C)c1nc(N(C)CCN(C)C)sc1CNC. The van der Waals surface area contributed by atoms with E-state index in [4.69, 9.17) is 4.98 Å². The molecule has 0 amide bonds. The summed E-state index contributed by atoms with van der Waals surface area (Å²) >= 11 is 1.82. The molecule has 0 aliphatic heterocycles. The fraction of sp³-hybridized carbons (Fsp3) is 0.786. The first-order valence-corrected chi connectivity index (χ1v) is 7.81. The van der Waals surface area contributed by atoms with Crippen LogP contribution >= 0.6 is 11.3 Å². The van der Waals surface area contributed by atoms with Crippen molar-refractivity contribution in [1.29, 1.82) is 0 Å². The summed E-state index contributed by atoms with van der Waals surface area (Å²) in [7, 11) is 8.33. The number of anilines is 1. The molecule has 1 aromatic rings. The first-order valence-electron chi connectivity index (χ1n) is 6.99. The molecular weight excluding hydrogens is 256 g/mol. The van der Waals surface area contributed by atoms with Crippen LogP contribution in [0.3, 0.4) is 0 Å². The third kappa shape index (κ3) is 4.75. The zero-order valence-corrected chi connectivity index (χ0v) is 14.0. The normalized spacial score (nSPS) is 13.0. The van der Waals surface area contributed by atoms with Gasteiger partial charge in [-0.3, -0.25) is 0 Å². The molecule has 0 radical (unpaired) electrons. The van der Waals surface area contributed by atoms with E-state index in [1.54, 1.807) is 0 Å². The molecule has 0 fully saturated rings. The van der Waals surface area contributed by atoms with Gasteiger partial charge in [-0.1, -0.05) is 13.8 Å². The van der Waals surface area contributed by atoms with Gasteiger partial charge in [0.25, 0.3) is 0 Å². The quantitative estimate of drug-likeness (QED) is 0.794. The molecule has 5 heteroatoms. The standard InChI is InChI=1S/C14H28N4S/c1-7-11(2)13-12(10-15-3)19-14(16-13)18(6)9-8-17(4)5/h11,15H,7-10H2,1-6H3. The molecule has 0 saturated heterocycles. The number of rotatable bonds is 8. The van der Waals surface area contributed by atoms with Gasteiger partial charge in [0.2, 0.25) is 0 Å². The van der Waals surface area contributed by atoms with Crippen LogP contribution in [0.1, 0.15) is 36.8 Å². The Morgan fingerprint density at radius 2 is 1.95 bits per heavy atom. The number of nitrogens with one attached hydrogen (secondary N) is 1. The van der Waals surface area contributed by atoms with Crippen LogP contribution in [0.25, 0.3) is 0 Å². The van der Waals surface area contributed by atoms with Crippen LogP contribution in [0, 0.1) is 0 Å². The molecule has 1 rings (SSSR count). The van der Waals surface area contributed by atoms with Gasteiger partial charge < -0.3 is 15.1 Å². The Morgan fingerprint density at radius 3 is 2.47 bits per heavy atom. The predicted octanol–water partition coefficient (Wildman–Crippen LogP) is 2.37. The summed E-state index contributed by atoms with van der Waals surface area (Å²) in [6.45, 7) is 7.47. The number of thiazole rings is 1. The molecule has 19 heavy (non-hydrogen) atoms. The van der Waals surface area contributed by atoms with E-state index in [2.05, 4.69) is 50.1 Å². The first-order chi connectivity index (χ1) is 8.99. The molecule has 0 bridgehead atoms. The van der Waals surface area contributed by atoms with E-state index in [-0.39, 0.29) is 0 Å². The Kier molecular flexibility index (Phi) is 6.75. The molecule has 1 N–H and O–H groups in total. The Hall–Kier alpha value is -0.650. The van der Waals surface area contributed by atoms with Crippen molar-refractivity contribution in [3.05, 3.63) is 10.6 Å². The van der Waals surface area contributed by atoms with Crippen molar-refractivity contribution in [3.8, 4) is 0 Å². The Balaban J connectivity index is 2.84. The molecule has 1 atom stereocenters. The van der Waals surface area contributed by atoms with Crippen LogP contribution < -0.4 is 10.2 Å². The van der Waals surface area contributed by atoms with Crippen LogP contribution in [-0.2, 0) is 6.54 Å². The lowest BCUT2D eigenvalue weighted by molar-refractivity contribution is 0.416. The van der Waals surface area contributed by atoms with Gasteiger partial charge in [0.1, 0.15) is 0 Å². The molecular formula is C14H28N4S. The van der Waals surface area contributed by atoms with Crippen molar-refractivity contribution in [1.82, 2.24) is 15.2 Å². The van der Waals surface area contributed by atoms with Crippen molar-refractivity contribution in [2.45, 2.75) is 32.7 Å². The zero-order valence-electron chi connectivity index (χ0n) is 13.2. The largest absolute Gasteiger partial charge is 0.350 e. The summed E-state index contributed by atoms with van der Waals surface area (Å²) in [5.41, 5.74) is 1.27. The van der Waals surface area contributed by atoms with E-state index in [0.717, 1.165) is 31.2 Å². The second kappa shape index (κ2) is 7.82. The van der Waals surface area contributed by atoms with Gasteiger partial charge in [0.15, 0.2) is 5.13 Å². The lowest BCUT2D eigenvalue weighted by Crippen LogP contribution is -2.28. The van der Waals surface area contributed by atoms with Crippen LogP contribution in [0.15, 0.2) is 0 Å². The second-order valence-corrected chi connectivity index (χ2v) is 6.43. The fourth-order valence-corrected chi connectivity index (χ4v) is 3.00. The molecule has 1 heterocycles. The Bertz CT molecular complexity index is 376. The van der Waals surface area contributed by atoms with Crippen LogP contribution in [0.4, 0.5) is 5.13 Å². The third-order valence-electron chi connectivity index (χ3n) is 3.34. The van der Waals surface area contributed by atoms with Crippen molar-refractivity contribution >= 4 is 16.5 Å². The summed E-state index contributed by atoms with van der Waals surface area (Å²) in [6.07, 6.45) is 1.14. The molecule has 0 spiro atoms. The minimum absolute atomic E-state index is 0.538. The maximum atomic E-state index is 4.86. The fourth-order valence-electron chi connectivity index (χ4n) is 1.83. The molecule has 0 aromatic carbocycles. The predicted molar refractivity (Wildman–Crippen MR) is 85.4 cm³/mol. The highest BCUT2D eigenvalue weighted by molar-refractivity contribution is 7.15. The topological polar surface area (TPSA) is 31.4 Å². The Morgan fingerprint density at radius 1 is 1.26 bits per heavy atom. The minimum atomic E-state index is 0.538. The van der Waals surface area contributed by atoms with Crippen molar-refractivity contribution < 1.29 is 0 Å². The summed E-state index contributed by atoms with van der Waals surface area (Å²) in [4.78, 5) is 10.7. The van der Waals surface area contributed by atoms with E-state index in [9.17, 15) is 0 Å². The summed E-state index contributed by atoms with van der Waals surface area (Å²) in [5, 5.41) is 4.39. The highest BCUT2D eigenvalue weighted by Crippen LogP contribution is 2.31. The minimum Gasteiger partial charge on any atom is -0.350 e. The molecule has 4 nitrogen and oxygen atoms in total. The first kappa shape index (κ1) is 16.4. The van der Waals surface area contributed by atoms with Gasteiger partial charge in [-0.25, -0.2) is 4.98 Å². The van der Waals surface area contributed by atoms with Gasteiger partial charge in [0, 0.05) is 31.6 Å². The van der Waals surface area contributed by atoms with E-state index >= 15 is 0 Å². The summed E-state index contributed by atoms with van der Waals surface area (Å²) in [5.74, 6) is 0.538. The van der Waals surface area contributed by atoms with Crippen molar-refractivity contribution in [2.24, 2.45) is 0 Å². The smallest absolute Gasteiger partial charge is 0.185 e. The van der Waals surface area contributed by atoms with E-state index in [1.807, 2.05) is 18.4 Å². The second-order valence-electron chi connectivity index (χ2n) is 5.37. The highest BCUT2D eigenvalue weighted by atomic mass is 32.1. The van der Waals surface area contributed by atoms with Gasteiger partial charge in [-0.15, -0.1) is 11.3 Å². The molecule has 1 aromatic heterocycles. The molecule has 110 valence electrons. The molecule has 0 saturated carbocycles. The van der Waals surface area contributed by atoms with Crippen molar-refractivity contribution in [2.75, 3.05) is 46.2 Å². The number of hydrogen-bond donors (Lipinski definition) is 1. The van der Waals surface area contributed by atoms with E-state index in [1.165, 1.54) is 10.6 Å². The van der Waals surface area contributed by atoms with Gasteiger partial charge >= 0.3 is 0 Å². The van der Waals surface area contributed by atoms with E-state index in [0.29, 0.717) is 5.92 Å². The molecule has 0 aliphatic carbocycles. The summed E-state index contributed by atoms with van der Waals surface area (Å²) in [6, 6.07) is 0. The average Bonchev–Trinajstić information content (AvgIpc) is 2.79. The molecule has 1 unspecified atom stereocenters. The van der Waals surface area contributed by atoms with Gasteiger partial charge in [0.05, 0.1) is 5.69 Å². The molecule has 0 aliphatic rings. The average molecular weight is 284 g/mol. The number of likely N-dealkylation sites (N-methyl/N-ethyl adjacent to an activating group) is 2. The van der Waals surface area contributed by atoms with Gasteiger partial charge in [-0.2, -0.15) is 0 Å². The van der Waals surface area contributed by atoms with Gasteiger partial charge in [-0.05, 0) is 33.5 Å². The van der Waals surface area contributed by atoms with Crippen LogP contribution in [-0.4, -0.2) is 51.2 Å². The lowest BCUT2D eigenvalue weighted by Gasteiger charge is -2.18. The third-order valence-corrected chi connectivity index (χ3v) is 4.53. The Labute approximate surface area is 121 Å². The van der Waals surface area contributed by atoms with E-state index < -0.39 is 0 Å². The lowest BCUT2D eigenvalue weighted by atomic mass is 10.0. The number of hydrogen-bond acceptors (Lipinski definition) is 5. The monoisotopic (exact) mass is 284 g/mol. The van der Waals surface area contributed by atoms with Crippen molar-refractivity contribution in [3.63, 3.8) is 0 Å². The maximum Gasteiger partial charge on any atom is 0.185 e. The number of nitrogens with zero attached hydrogens (tertiary/aromatic N) is 3. The number of aromatic nitrogens is 1. The summed E-state index contributed by atoms with van der Waals surface area (Å²) < 4.78 is 0. The van der Waals surface area contributed by atoms with Crippen LogP contribution in [0.5, 0.6) is 0 Å². The zero-order chi connectivity index (χ0) is 14.4.